The van der Waals surface area contributed by atoms with Gasteiger partial charge in [-0.2, -0.15) is 0 Å². The topological polar surface area (TPSA) is 65.0 Å². The van der Waals surface area contributed by atoms with E-state index in [4.69, 9.17) is 14.2 Å². The van der Waals surface area contributed by atoms with Gasteiger partial charge in [0.15, 0.2) is 6.29 Å². The van der Waals surface area contributed by atoms with Crippen LogP contribution in [0.4, 0.5) is 0 Å². The first-order chi connectivity index (χ1) is 12.1. The molecule has 25 heavy (non-hydrogen) atoms. The van der Waals surface area contributed by atoms with Crippen LogP contribution in [0, 0.1) is 0 Å². The number of aliphatic hydroxyl groups excluding tert-OH is 1. The molecule has 0 aromatic carbocycles. The molecule has 0 saturated heterocycles. The summed E-state index contributed by atoms with van der Waals surface area (Å²) in [5.41, 5.74) is 0.504. The van der Waals surface area contributed by atoms with Crippen LogP contribution < -0.4 is 0 Å². The standard InChI is InChI=1S/C20H36O5/c1-4-5-6-7-8-9-10-11-12-13-14-18(24-16(2)23-3)17-15-19(21)25-20(17)22/h15-16,18,20,22H,4-14H2,1-3H3. The van der Waals surface area contributed by atoms with E-state index in [1.54, 1.807) is 14.0 Å². The summed E-state index contributed by atoms with van der Waals surface area (Å²) < 4.78 is 15.7. The van der Waals surface area contributed by atoms with Gasteiger partial charge in [0, 0.05) is 18.8 Å². The Morgan fingerprint density at radius 3 is 2.12 bits per heavy atom. The van der Waals surface area contributed by atoms with Crippen molar-refractivity contribution in [2.45, 2.75) is 103 Å². The van der Waals surface area contributed by atoms with Crippen LogP contribution in [0.3, 0.4) is 0 Å². The second-order valence-electron chi connectivity index (χ2n) is 6.83. The molecule has 0 aromatic rings. The summed E-state index contributed by atoms with van der Waals surface area (Å²) >= 11 is 0. The van der Waals surface area contributed by atoms with Gasteiger partial charge in [0.1, 0.15) is 0 Å². The predicted molar refractivity (Wildman–Crippen MR) is 98.0 cm³/mol. The summed E-state index contributed by atoms with van der Waals surface area (Å²) in [6, 6.07) is 0. The largest absolute Gasteiger partial charge is 0.429 e. The fraction of sp³-hybridized carbons (Fsp3) is 0.850. The average Bonchev–Trinajstić information content (AvgIpc) is 2.93. The van der Waals surface area contributed by atoms with Crippen molar-refractivity contribution in [3.8, 4) is 0 Å². The number of rotatable bonds is 15. The second kappa shape index (κ2) is 13.3. The lowest BCUT2D eigenvalue weighted by molar-refractivity contribution is -0.159. The first-order valence-electron chi connectivity index (χ1n) is 9.86. The maximum Gasteiger partial charge on any atom is 0.333 e. The van der Waals surface area contributed by atoms with Crippen LogP contribution in [-0.4, -0.2) is 36.9 Å². The summed E-state index contributed by atoms with van der Waals surface area (Å²) in [6.45, 7) is 4.04. The fourth-order valence-corrected chi connectivity index (χ4v) is 3.09. The third-order valence-electron chi connectivity index (χ3n) is 4.68. The zero-order valence-electron chi connectivity index (χ0n) is 16.2. The SMILES string of the molecule is CCCCCCCCCCCCC(OC(C)OC)C1=CC(=O)OC1O. The normalized spacial score (nSPS) is 19.6. The number of carbonyl (C=O) groups excluding carboxylic acids is 1. The molecule has 1 N–H and O–H groups in total. The Balaban J connectivity index is 2.22. The molecule has 0 bridgehead atoms. The van der Waals surface area contributed by atoms with Gasteiger partial charge in [-0.1, -0.05) is 71.1 Å². The summed E-state index contributed by atoms with van der Waals surface area (Å²) in [5, 5.41) is 9.84. The lowest BCUT2D eigenvalue weighted by Crippen LogP contribution is -2.28. The van der Waals surface area contributed by atoms with Crippen molar-refractivity contribution in [1.82, 2.24) is 0 Å². The molecule has 3 atom stereocenters. The minimum atomic E-state index is -1.19. The van der Waals surface area contributed by atoms with Gasteiger partial charge in [0.2, 0.25) is 6.29 Å². The van der Waals surface area contributed by atoms with Crippen LogP contribution in [0.5, 0.6) is 0 Å². The minimum absolute atomic E-state index is 0.342. The lowest BCUT2D eigenvalue weighted by atomic mass is 10.0. The number of hydrogen-bond acceptors (Lipinski definition) is 5. The van der Waals surface area contributed by atoms with Gasteiger partial charge in [-0.3, -0.25) is 0 Å². The van der Waals surface area contributed by atoms with Crippen molar-refractivity contribution < 1.29 is 24.1 Å². The van der Waals surface area contributed by atoms with E-state index in [1.165, 1.54) is 57.4 Å². The first kappa shape index (κ1) is 22.1. The maximum absolute atomic E-state index is 11.3. The molecule has 0 aromatic heterocycles. The molecular weight excluding hydrogens is 320 g/mol. The van der Waals surface area contributed by atoms with E-state index in [1.807, 2.05) is 0 Å². The second-order valence-corrected chi connectivity index (χ2v) is 6.83. The Labute approximate surface area is 152 Å². The molecule has 1 rings (SSSR count). The number of carbonyl (C=O) groups is 1. The highest BCUT2D eigenvalue weighted by Crippen LogP contribution is 2.25. The van der Waals surface area contributed by atoms with Crippen molar-refractivity contribution in [3.05, 3.63) is 11.6 Å². The molecular formula is C20H36O5. The summed E-state index contributed by atoms with van der Waals surface area (Å²) in [5.74, 6) is -0.510. The van der Waals surface area contributed by atoms with Crippen LogP contribution in [0.15, 0.2) is 11.6 Å². The Morgan fingerprint density at radius 2 is 1.64 bits per heavy atom. The molecule has 5 heteroatoms. The van der Waals surface area contributed by atoms with Crippen LogP contribution in [-0.2, 0) is 19.0 Å². The average molecular weight is 357 g/mol. The summed E-state index contributed by atoms with van der Waals surface area (Å²) in [4.78, 5) is 11.3. The number of unbranched alkanes of at least 4 members (excludes halogenated alkanes) is 9. The molecule has 3 unspecified atom stereocenters. The number of esters is 1. The highest BCUT2D eigenvalue weighted by molar-refractivity contribution is 5.85. The van der Waals surface area contributed by atoms with Crippen molar-refractivity contribution in [2.75, 3.05) is 7.11 Å². The van der Waals surface area contributed by atoms with Crippen LogP contribution in [0.25, 0.3) is 0 Å². The Hall–Kier alpha value is -0.910. The third kappa shape index (κ3) is 9.38. The molecule has 146 valence electrons. The number of hydrogen-bond donors (Lipinski definition) is 1. The van der Waals surface area contributed by atoms with Gasteiger partial charge in [0.25, 0.3) is 0 Å². The molecule has 1 aliphatic rings. The molecule has 1 heterocycles. The van der Waals surface area contributed by atoms with Gasteiger partial charge in [-0.15, -0.1) is 0 Å². The highest BCUT2D eigenvalue weighted by Gasteiger charge is 2.31. The quantitative estimate of drug-likeness (QED) is 0.266. The smallest absolute Gasteiger partial charge is 0.333 e. The van der Waals surface area contributed by atoms with Crippen LogP contribution in [0.2, 0.25) is 0 Å². The van der Waals surface area contributed by atoms with E-state index in [0.29, 0.717) is 5.57 Å². The molecule has 0 radical (unpaired) electrons. The van der Waals surface area contributed by atoms with Crippen LogP contribution >= 0.6 is 0 Å². The van der Waals surface area contributed by atoms with E-state index in [0.717, 1.165) is 19.3 Å². The van der Waals surface area contributed by atoms with Gasteiger partial charge < -0.3 is 19.3 Å². The Bertz CT molecular complexity index is 394. The highest BCUT2D eigenvalue weighted by atomic mass is 16.7. The number of cyclic esters (lactones) is 1. The summed E-state index contributed by atoms with van der Waals surface area (Å²) in [7, 11) is 1.57. The van der Waals surface area contributed by atoms with Crippen molar-refractivity contribution in [3.63, 3.8) is 0 Å². The molecule has 0 fully saturated rings. The molecule has 5 nitrogen and oxygen atoms in total. The minimum Gasteiger partial charge on any atom is -0.429 e. The van der Waals surface area contributed by atoms with Gasteiger partial charge in [-0.05, 0) is 13.3 Å². The lowest BCUT2D eigenvalue weighted by Gasteiger charge is -2.23. The number of methoxy groups -OCH3 is 1. The third-order valence-corrected chi connectivity index (χ3v) is 4.68. The Kier molecular flexibility index (Phi) is 11.8. The van der Waals surface area contributed by atoms with E-state index in [2.05, 4.69) is 6.92 Å². The zero-order chi connectivity index (χ0) is 18.5. The van der Waals surface area contributed by atoms with E-state index >= 15 is 0 Å². The van der Waals surface area contributed by atoms with Crippen LogP contribution in [0.1, 0.15) is 84.5 Å². The van der Waals surface area contributed by atoms with E-state index < -0.39 is 18.5 Å². The van der Waals surface area contributed by atoms with Gasteiger partial charge in [-0.25, -0.2) is 4.79 Å². The summed E-state index contributed by atoms with van der Waals surface area (Å²) in [6.07, 6.45) is 12.8. The molecule has 0 aliphatic carbocycles. The van der Waals surface area contributed by atoms with E-state index in [-0.39, 0.29) is 6.10 Å². The number of ether oxygens (including phenoxy) is 3. The monoisotopic (exact) mass is 356 g/mol. The predicted octanol–water partition coefficient (Wildman–Crippen LogP) is 4.48. The molecule has 0 spiro atoms. The Morgan fingerprint density at radius 1 is 1.08 bits per heavy atom. The molecule has 0 amide bonds. The first-order valence-corrected chi connectivity index (χ1v) is 9.86. The van der Waals surface area contributed by atoms with Crippen molar-refractivity contribution in [1.29, 1.82) is 0 Å². The maximum atomic E-state index is 11.3. The molecule has 1 aliphatic heterocycles. The number of aliphatic hydroxyl groups is 1. The zero-order valence-corrected chi connectivity index (χ0v) is 16.2. The van der Waals surface area contributed by atoms with Gasteiger partial charge in [0.05, 0.1) is 6.10 Å². The van der Waals surface area contributed by atoms with Crippen molar-refractivity contribution in [2.24, 2.45) is 0 Å². The van der Waals surface area contributed by atoms with E-state index in [9.17, 15) is 9.90 Å². The van der Waals surface area contributed by atoms with Gasteiger partial charge >= 0.3 is 5.97 Å². The van der Waals surface area contributed by atoms with Crippen molar-refractivity contribution >= 4 is 5.97 Å². The molecule has 0 saturated carbocycles. The fourth-order valence-electron chi connectivity index (χ4n) is 3.09.